The third-order valence-corrected chi connectivity index (χ3v) is 6.66. The zero-order chi connectivity index (χ0) is 19.6. The minimum atomic E-state index is -0.572. The van der Waals surface area contributed by atoms with Crippen molar-refractivity contribution in [1.29, 1.82) is 0 Å². The average molecular weight is 380 g/mol. The lowest BCUT2D eigenvalue weighted by Crippen LogP contribution is -2.40. The van der Waals surface area contributed by atoms with Crippen LogP contribution in [0.1, 0.15) is 16.8 Å². The van der Waals surface area contributed by atoms with Gasteiger partial charge in [0.1, 0.15) is 6.54 Å². The number of likely N-dealkylation sites (tertiary alicyclic amines) is 1. The van der Waals surface area contributed by atoms with Crippen molar-refractivity contribution in [2.75, 3.05) is 19.0 Å². The summed E-state index contributed by atoms with van der Waals surface area (Å²) < 4.78 is 4.72. The van der Waals surface area contributed by atoms with Crippen molar-refractivity contribution in [3.05, 3.63) is 42.0 Å². The van der Waals surface area contributed by atoms with E-state index in [0.717, 1.165) is 11.3 Å². The first kappa shape index (κ1) is 17.2. The molecule has 6 atom stereocenters. The van der Waals surface area contributed by atoms with E-state index in [1.807, 2.05) is 0 Å². The number of carbonyl (C=O) groups excluding carboxylic acids is 4. The molecule has 0 radical (unpaired) electrons. The summed E-state index contributed by atoms with van der Waals surface area (Å²) in [6, 6.07) is 6.46. The number of esters is 1. The van der Waals surface area contributed by atoms with E-state index in [0.29, 0.717) is 17.5 Å². The second-order valence-electron chi connectivity index (χ2n) is 8.00. The highest BCUT2D eigenvalue weighted by Gasteiger charge is 2.67. The SMILES string of the molecule is COC(=O)c1ccccc1NC(=O)CN1C(=O)[C@@H]2[C@H]3C=C[C@@H]([C@@H]4C[C@H]34)[C@@H]2C1=O. The Morgan fingerprint density at radius 3 is 2.29 bits per heavy atom. The maximum absolute atomic E-state index is 12.9. The van der Waals surface area contributed by atoms with Crippen LogP contribution in [-0.2, 0) is 19.1 Å². The third kappa shape index (κ3) is 2.35. The Labute approximate surface area is 161 Å². The molecule has 7 heteroatoms. The van der Waals surface area contributed by atoms with Crippen LogP contribution in [-0.4, -0.2) is 42.2 Å². The van der Waals surface area contributed by atoms with Crippen LogP contribution in [0.3, 0.4) is 0 Å². The fourth-order valence-corrected chi connectivity index (χ4v) is 5.39. The number of nitrogens with zero attached hydrogens (tertiary/aromatic N) is 1. The maximum Gasteiger partial charge on any atom is 0.339 e. The molecule has 1 aliphatic heterocycles. The van der Waals surface area contributed by atoms with Crippen molar-refractivity contribution in [2.24, 2.45) is 35.5 Å². The van der Waals surface area contributed by atoms with E-state index in [4.69, 9.17) is 4.74 Å². The summed E-state index contributed by atoms with van der Waals surface area (Å²) in [5.74, 6) is -0.897. The number of anilines is 1. The van der Waals surface area contributed by atoms with Gasteiger partial charge in [-0.15, -0.1) is 0 Å². The molecular formula is C21H20N2O5. The quantitative estimate of drug-likeness (QED) is 0.485. The first-order valence-electron chi connectivity index (χ1n) is 9.52. The molecule has 144 valence electrons. The number of hydrogen-bond donors (Lipinski definition) is 1. The van der Waals surface area contributed by atoms with Gasteiger partial charge < -0.3 is 10.1 Å². The van der Waals surface area contributed by atoms with E-state index in [9.17, 15) is 19.2 Å². The van der Waals surface area contributed by atoms with Gasteiger partial charge in [-0.05, 0) is 42.2 Å². The number of nitrogens with one attached hydrogen (secondary N) is 1. The molecule has 7 nitrogen and oxygen atoms in total. The number of hydrogen-bond acceptors (Lipinski definition) is 5. The van der Waals surface area contributed by atoms with Gasteiger partial charge in [-0.1, -0.05) is 24.3 Å². The van der Waals surface area contributed by atoms with Crippen LogP contribution in [0.5, 0.6) is 0 Å². The lowest BCUT2D eigenvalue weighted by Gasteiger charge is -2.37. The molecule has 0 aromatic heterocycles. The molecule has 6 rings (SSSR count). The van der Waals surface area contributed by atoms with Gasteiger partial charge in [0, 0.05) is 0 Å². The van der Waals surface area contributed by atoms with E-state index in [1.54, 1.807) is 18.2 Å². The van der Waals surface area contributed by atoms with Crippen molar-refractivity contribution >= 4 is 29.4 Å². The van der Waals surface area contributed by atoms with Crippen LogP contribution in [0.25, 0.3) is 0 Å². The summed E-state index contributed by atoms with van der Waals surface area (Å²) in [5, 5.41) is 2.63. The number of carbonyl (C=O) groups is 4. The van der Waals surface area contributed by atoms with Crippen molar-refractivity contribution in [3.8, 4) is 0 Å². The molecule has 28 heavy (non-hydrogen) atoms. The molecule has 3 fully saturated rings. The molecule has 2 bridgehead atoms. The van der Waals surface area contributed by atoms with Crippen molar-refractivity contribution in [1.82, 2.24) is 4.90 Å². The minimum absolute atomic E-state index is 0.129. The first-order chi connectivity index (χ1) is 13.5. The van der Waals surface area contributed by atoms with Gasteiger partial charge in [0.25, 0.3) is 0 Å². The number of allylic oxidation sites excluding steroid dienone is 2. The van der Waals surface area contributed by atoms with E-state index in [-0.39, 0.29) is 47.6 Å². The Balaban J connectivity index is 1.33. The highest BCUT2D eigenvalue weighted by molar-refractivity contribution is 6.10. The molecule has 2 saturated carbocycles. The summed E-state index contributed by atoms with van der Waals surface area (Å²) in [6.07, 6.45) is 5.30. The molecule has 1 N–H and O–H groups in total. The lowest BCUT2D eigenvalue weighted by atomic mass is 9.63. The van der Waals surface area contributed by atoms with Crippen LogP contribution >= 0.6 is 0 Å². The Morgan fingerprint density at radius 2 is 1.68 bits per heavy atom. The zero-order valence-corrected chi connectivity index (χ0v) is 15.3. The number of rotatable bonds is 4. The minimum Gasteiger partial charge on any atom is -0.465 e. The summed E-state index contributed by atoms with van der Waals surface area (Å²) in [4.78, 5) is 51.4. The van der Waals surface area contributed by atoms with Crippen molar-refractivity contribution in [3.63, 3.8) is 0 Å². The van der Waals surface area contributed by atoms with Crippen molar-refractivity contribution in [2.45, 2.75) is 6.42 Å². The summed E-state index contributed by atoms with van der Waals surface area (Å²) >= 11 is 0. The van der Waals surface area contributed by atoms with E-state index in [2.05, 4.69) is 17.5 Å². The van der Waals surface area contributed by atoms with Gasteiger partial charge in [0.2, 0.25) is 17.7 Å². The first-order valence-corrected chi connectivity index (χ1v) is 9.52. The number of para-hydroxylation sites is 1. The van der Waals surface area contributed by atoms with Gasteiger partial charge in [0.15, 0.2) is 0 Å². The van der Waals surface area contributed by atoms with E-state index >= 15 is 0 Å². The Morgan fingerprint density at radius 1 is 1.07 bits per heavy atom. The smallest absolute Gasteiger partial charge is 0.339 e. The van der Waals surface area contributed by atoms with Crippen LogP contribution in [0.15, 0.2) is 36.4 Å². The molecular weight excluding hydrogens is 360 g/mol. The maximum atomic E-state index is 12.9. The summed E-state index contributed by atoms with van der Waals surface area (Å²) in [6.45, 7) is -0.338. The molecule has 4 aliphatic carbocycles. The monoisotopic (exact) mass is 380 g/mol. The highest BCUT2D eigenvalue weighted by Crippen LogP contribution is 2.65. The predicted octanol–water partition coefficient (Wildman–Crippen LogP) is 1.46. The summed E-state index contributed by atoms with van der Waals surface area (Å²) in [5.41, 5.74) is 0.507. The Bertz CT molecular complexity index is 902. The van der Waals surface area contributed by atoms with E-state index < -0.39 is 11.9 Å². The average Bonchev–Trinajstić information content (AvgIpc) is 3.49. The zero-order valence-electron chi connectivity index (χ0n) is 15.3. The topological polar surface area (TPSA) is 92.8 Å². The van der Waals surface area contributed by atoms with Gasteiger partial charge in [-0.25, -0.2) is 4.79 Å². The third-order valence-electron chi connectivity index (χ3n) is 6.66. The number of amides is 3. The second kappa shape index (κ2) is 6.02. The second-order valence-corrected chi connectivity index (χ2v) is 8.00. The number of imide groups is 1. The number of benzene rings is 1. The van der Waals surface area contributed by atoms with Crippen LogP contribution in [0, 0.1) is 35.5 Å². The normalized spacial score (nSPS) is 34.1. The largest absolute Gasteiger partial charge is 0.465 e. The van der Waals surface area contributed by atoms with Crippen LogP contribution in [0.4, 0.5) is 5.69 Å². The molecule has 1 heterocycles. The fraction of sp³-hybridized carbons (Fsp3) is 0.429. The van der Waals surface area contributed by atoms with Gasteiger partial charge >= 0.3 is 5.97 Å². The standard InChI is InChI=1S/C21H20N2O5/c1-28-21(27)12-4-2-3-5-15(12)22-16(24)9-23-19(25)17-10-6-7-11(14-8-13(10)14)18(17)20(23)26/h2-7,10-11,13-14,17-18H,8-9H2,1H3,(H,22,24)/t10-,11-,13-,14+,17-,18+/m0/s1. The molecule has 0 spiro atoms. The lowest BCUT2D eigenvalue weighted by molar-refractivity contribution is -0.142. The van der Waals surface area contributed by atoms with E-state index in [1.165, 1.54) is 13.2 Å². The number of ether oxygens (including phenoxy) is 1. The van der Waals surface area contributed by atoms with Gasteiger partial charge in [-0.3, -0.25) is 19.3 Å². The molecule has 0 unspecified atom stereocenters. The molecule has 5 aliphatic rings. The fourth-order valence-electron chi connectivity index (χ4n) is 5.39. The van der Waals surface area contributed by atoms with Gasteiger partial charge in [0.05, 0.1) is 30.2 Å². The Hall–Kier alpha value is -2.96. The number of methoxy groups -OCH3 is 1. The van der Waals surface area contributed by atoms with Crippen LogP contribution in [0.2, 0.25) is 0 Å². The molecule has 1 aromatic rings. The Kier molecular flexibility index (Phi) is 3.69. The summed E-state index contributed by atoms with van der Waals surface area (Å²) in [7, 11) is 1.26. The molecule has 1 saturated heterocycles. The highest BCUT2D eigenvalue weighted by atomic mass is 16.5. The molecule has 3 amide bonds. The van der Waals surface area contributed by atoms with Crippen molar-refractivity contribution < 1.29 is 23.9 Å². The predicted molar refractivity (Wildman–Crippen MR) is 97.8 cm³/mol. The molecule has 1 aromatic carbocycles. The van der Waals surface area contributed by atoms with Gasteiger partial charge in [-0.2, -0.15) is 0 Å². The van der Waals surface area contributed by atoms with Crippen LogP contribution < -0.4 is 5.32 Å².